The van der Waals surface area contributed by atoms with Crippen molar-refractivity contribution in [2.75, 3.05) is 60.7 Å². The molecule has 1 aromatic rings. The van der Waals surface area contributed by atoms with Crippen molar-refractivity contribution in [1.29, 1.82) is 0 Å². The first kappa shape index (κ1) is 65.2. The fraction of sp³-hybridized carbons (Fsp3) is 0.735. The number of halogens is 1. The number of carbonyl (C=O) groups excluding carboxylic acids is 3. The van der Waals surface area contributed by atoms with Crippen molar-refractivity contribution in [2.24, 2.45) is 0 Å². The van der Waals surface area contributed by atoms with Gasteiger partial charge >= 0.3 is 6.09 Å². The summed E-state index contributed by atoms with van der Waals surface area (Å²) in [6.07, 6.45) is -13.0. The van der Waals surface area contributed by atoms with Crippen LogP contribution < -0.4 is 30.3 Å². The highest BCUT2D eigenvalue weighted by molar-refractivity contribution is 14.1. The van der Waals surface area contributed by atoms with Crippen LogP contribution in [0.15, 0.2) is 23.1 Å². The number of alkyl carbamates (subject to hydrolysis) is 1. The fourth-order valence-electron chi connectivity index (χ4n) is 9.76. The van der Waals surface area contributed by atoms with Crippen LogP contribution in [0.25, 0.3) is 0 Å². The number of hydroxylamine groups is 1. The minimum Gasteiger partial charge on any atom is -0.492 e. The van der Waals surface area contributed by atoms with Crippen molar-refractivity contribution in [2.45, 2.75) is 170 Å². The molecular formula is C49H74IN3O21S4. The van der Waals surface area contributed by atoms with Gasteiger partial charge in [0.1, 0.15) is 30.1 Å². The number of amides is 1. The zero-order valence-corrected chi connectivity index (χ0v) is 50.8. The van der Waals surface area contributed by atoms with Crippen molar-refractivity contribution in [3.05, 3.63) is 37.8 Å². The molecular weight excluding hydrogens is 1220 g/mol. The van der Waals surface area contributed by atoms with Crippen molar-refractivity contribution in [1.82, 2.24) is 16.1 Å². The third-order valence-corrected chi connectivity index (χ3v) is 20.3. The highest BCUT2D eigenvalue weighted by Gasteiger charge is 2.52. The van der Waals surface area contributed by atoms with E-state index in [1.807, 2.05) is 35.8 Å². The summed E-state index contributed by atoms with van der Waals surface area (Å²) < 4.78 is 71.8. The summed E-state index contributed by atoms with van der Waals surface area (Å²) in [5.41, 5.74) is 1.57. The first-order chi connectivity index (χ1) is 37.1. The summed E-state index contributed by atoms with van der Waals surface area (Å²) in [6, 6.07) is -1.24. The average molecular weight is 1300 g/mol. The van der Waals surface area contributed by atoms with Crippen molar-refractivity contribution in [3.63, 3.8) is 0 Å². The predicted octanol–water partition coefficient (Wildman–Crippen LogP) is 3.23. The number of Topliss-reactive ketones (excluding diaryl/α,β-unsaturated/α-hetero) is 1. The minimum absolute atomic E-state index is 0.0309. The standard InChI is InChI=1S/C49H74IN3O21S4/c1-13-51-25-19-67-29(17-28(25)62-7)71-42-36(57)33(21(3)69-47(42)72-38-24(14-15-76-78-75-12)49(6,61)18-27(55)34(38)52-48(60)66-11)53-74-30-16-26(54)44(23(5)68-30)77-45(59)31-20(2)32(50)40(43(65-10)39(31)63-8)73-46-37(58)41(64-9)35(56)22(4)70-46/h14,21-23,25-26,28-30,33,35-37,41-42,44,46-47,51,53-54,56-58,61H,13,15-19H2,1-12H3,(H,52,60)/b24-14+/t21?,22?,23?,25?,26?,28?,29?,30?,33?,35?,36?,37?,41?,42?,44?,46?,47?,49-/m0/s1. The smallest absolute Gasteiger partial charge is 0.411 e. The molecule has 5 aliphatic rings. The summed E-state index contributed by atoms with van der Waals surface area (Å²) in [5, 5.41) is 61.8. The van der Waals surface area contributed by atoms with E-state index in [-0.39, 0.29) is 71.4 Å². The number of methoxy groups -OCH3 is 5. The van der Waals surface area contributed by atoms with Gasteiger partial charge in [-0.3, -0.25) is 19.7 Å². The van der Waals surface area contributed by atoms with E-state index in [4.69, 9.17) is 61.7 Å². The lowest BCUT2D eigenvalue weighted by Crippen LogP contribution is -2.64. The molecule has 18 atom stereocenters. The van der Waals surface area contributed by atoms with Crippen LogP contribution in [-0.4, -0.2) is 212 Å². The van der Waals surface area contributed by atoms with Crippen molar-refractivity contribution < 1.29 is 102 Å². The van der Waals surface area contributed by atoms with Gasteiger partial charge < -0.3 is 87.7 Å². The topological polar surface area (TPSA) is 308 Å². The Labute approximate surface area is 483 Å². The first-order valence-electron chi connectivity index (χ1n) is 25.1. The number of aliphatic hydroxyl groups is 5. The molecule has 4 aliphatic heterocycles. The number of rotatable bonds is 22. The zero-order valence-electron chi connectivity index (χ0n) is 45.4. The molecule has 442 valence electrons. The molecule has 24 nitrogen and oxygen atoms in total. The number of allylic oxidation sites excluding steroid dienone is 1. The summed E-state index contributed by atoms with van der Waals surface area (Å²) in [4.78, 5) is 46.8. The molecule has 8 N–H and O–H groups in total. The van der Waals surface area contributed by atoms with Gasteiger partial charge in [-0.15, -0.1) is 0 Å². The Bertz CT molecular complexity index is 2280. The monoisotopic (exact) mass is 1300 g/mol. The lowest BCUT2D eigenvalue weighted by molar-refractivity contribution is -0.328. The van der Waals surface area contributed by atoms with E-state index in [0.29, 0.717) is 21.4 Å². The number of benzene rings is 1. The van der Waals surface area contributed by atoms with E-state index in [1.165, 1.54) is 59.7 Å². The highest BCUT2D eigenvalue weighted by Crippen LogP contribution is 2.49. The molecule has 4 heterocycles. The van der Waals surface area contributed by atoms with Crippen LogP contribution in [0.5, 0.6) is 17.2 Å². The van der Waals surface area contributed by atoms with Gasteiger partial charge in [-0.2, -0.15) is 5.48 Å². The Morgan fingerprint density at radius 1 is 0.872 bits per heavy atom. The molecule has 29 heteroatoms. The van der Waals surface area contributed by atoms with Crippen LogP contribution in [0, 0.1) is 10.5 Å². The van der Waals surface area contributed by atoms with Crippen LogP contribution in [0.4, 0.5) is 4.79 Å². The Morgan fingerprint density at radius 3 is 2.21 bits per heavy atom. The van der Waals surface area contributed by atoms with Crippen LogP contribution in [-0.2, 0) is 52.3 Å². The number of hydrogen-bond acceptors (Lipinski definition) is 27. The molecule has 4 saturated heterocycles. The third kappa shape index (κ3) is 15.0. The second kappa shape index (κ2) is 29.5. The largest absolute Gasteiger partial charge is 0.492 e. The Balaban J connectivity index is 1.21. The first-order valence-corrected chi connectivity index (χ1v) is 31.1. The second-order valence-corrected chi connectivity index (χ2v) is 25.7. The van der Waals surface area contributed by atoms with Gasteiger partial charge in [0, 0.05) is 44.8 Å². The summed E-state index contributed by atoms with van der Waals surface area (Å²) in [6.45, 7) is 10.9. The van der Waals surface area contributed by atoms with Gasteiger partial charge in [-0.1, -0.05) is 46.3 Å². The highest BCUT2D eigenvalue weighted by atomic mass is 127. The molecule has 0 bridgehead atoms. The van der Waals surface area contributed by atoms with E-state index < -0.39 is 120 Å². The lowest BCUT2D eigenvalue weighted by Gasteiger charge is -2.46. The molecule has 0 saturated carbocycles. The molecule has 0 radical (unpaired) electrons. The zero-order chi connectivity index (χ0) is 57.3. The third-order valence-electron chi connectivity index (χ3n) is 13.9. The van der Waals surface area contributed by atoms with E-state index >= 15 is 0 Å². The normalized spacial score (nSPS) is 36.1. The van der Waals surface area contributed by atoms with Gasteiger partial charge in [0.25, 0.3) is 0 Å². The molecule has 1 amide bonds. The number of aliphatic hydroxyl groups excluding tert-OH is 4. The van der Waals surface area contributed by atoms with Crippen molar-refractivity contribution >= 4 is 82.8 Å². The number of ether oxygens (including phenoxy) is 12. The average Bonchev–Trinajstić information content (AvgIpc) is 3.47. The lowest BCUT2D eigenvalue weighted by atomic mass is 9.82. The maximum atomic E-state index is 14.4. The fourth-order valence-corrected chi connectivity index (χ4v) is 14.0. The number of carbonyl (C=O) groups is 3. The quantitative estimate of drug-likeness (QED) is 0.0358. The minimum atomic E-state index is -1.76. The molecule has 17 unspecified atom stereocenters. The van der Waals surface area contributed by atoms with Gasteiger partial charge in [-0.05, 0) is 85.4 Å². The van der Waals surface area contributed by atoms with Gasteiger partial charge in [-0.25, -0.2) is 4.79 Å². The maximum absolute atomic E-state index is 14.4. The number of nitrogens with one attached hydrogen (secondary N) is 3. The summed E-state index contributed by atoms with van der Waals surface area (Å²) in [5.74, 6) is -0.317. The van der Waals surface area contributed by atoms with Crippen LogP contribution >= 0.6 is 65.8 Å². The van der Waals surface area contributed by atoms with E-state index in [2.05, 4.69) is 16.1 Å². The predicted molar refractivity (Wildman–Crippen MR) is 297 cm³/mol. The van der Waals surface area contributed by atoms with Crippen LogP contribution in [0.2, 0.25) is 0 Å². The van der Waals surface area contributed by atoms with E-state index in [9.17, 15) is 39.9 Å². The Hall–Kier alpha value is -1.96. The van der Waals surface area contributed by atoms with Gasteiger partial charge in [0.2, 0.25) is 23.4 Å². The Kier molecular flexibility index (Phi) is 24.7. The molecule has 0 spiro atoms. The number of likely N-dealkylation sites (N-methyl/N-ethyl adjacent to an activating group) is 1. The number of ketones is 1. The summed E-state index contributed by atoms with van der Waals surface area (Å²) in [7, 11) is 11.3. The van der Waals surface area contributed by atoms with Crippen molar-refractivity contribution in [3.8, 4) is 17.2 Å². The van der Waals surface area contributed by atoms with Crippen LogP contribution in [0.3, 0.4) is 0 Å². The molecule has 1 aliphatic carbocycles. The molecule has 4 fully saturated rings. The molecule has 1 aromatic carbocycles. The molecule has 78 heavy (non-hydrogen) atoms. The second-order valence-electron chi connectivity index (χ2n) is 19.1. The summed E-state index contributed by atoms with van der Waals surface area (Å²) >= 11 is 2.83. The van der Waals surface area contributed by atoms with Gasteiger partial charge in [0.15, 0.2) is 41.7 Å². The number of thioether (sulfide) groups is 1. The van der Waals surface area contributed by atoms with Gasteiger partial charge in [0.05, 0.1) is 90.5 Å². The van der Waals surface area contributed by atoms with Crippen LogP contribution in [0.1, 0.15) is 69.8 Å². The number of hydrogen-bond donors (Lipinski definition) is 8. The van der Waals surface area contributed by atoms with E-state index in [1.54, 1.807) is 40.9 Å². The molecule has 6 rings (SSSR count). The molecule has 0 aromatic heterocycles. The Morgan fingerprint density at radius 2 is 1.58 bits per heavy atom. The maximum Gasteiger partial charge on any atom is 0.411 e. The SMILES string of the molecule is CCNC1COC(OC2C(OC3=C(NC(=O)OC)C(=O)C[C@](C)(O)/C3=C/CSSSC)OC(C)C(NOC3CC(O)C(SC(=O)c4c(C)c(I)c(OC5OC(C)C(O)C(OC)C5O)c(OC)c4OC)C(C)O3)C2O)CC1OC. The van der Waals surface area contributed by atoms with E-state index in [0.717, 1.165) is 18.9 Å².